The van der Waals surface area contributed by atoms with Crippen molar-refractivity contribution in [3.05, 3.63) is 30.1 Å². The summed E-state index contributed by atoms with van der Waals surface area (Å²) in [5.41, 5.74) is 1.70. The van der Waals surface area contributed by atoms with E-state index in [4.69, 9.17) is 4.74 Å². The highest BCUT2D eigenvalue weighted by Crippen LogP contribution is 2.15. The van der Waals surface area contributed by atoms with E-state index in [9.17, 15) is 4.79 Å². The minimum Gasteiger partial charge on any atom is -0.444 e. The summed E-state index contributed by atoms with van der Waals surface area (Å²) in [6.45, 7) is 10.2. The van der Waals surface area contributed by atoms with Crippen molar-refractivity contribution in [2.24, 2.45) is 4.99 Å². The molecule has 154 valence electrons. The van der Waals surface area contributed by atoms with Gasteiger partial charge in [-0.25, -0.2) is 9.78 Å². The number of hydrogen-bond acceptors (Lipinski definition) is 4. The molecular weight excluding hydrogens is 356 g/mol. The van der Waals surface area contributed by atoms with Crippen LogP contribution in [0.5, 0.6) is 0 Å². The largest absolute Gasteiger partial charge is 0.444 e. The number of imidazole rings is 1. The Morgan fingerprint density at radius 3 is 2.54 bits per heavy atom. The quantitative estimate of drug-likeness (QED) is 0.385. The molecule has 1 heterocycles. The summed E-state index contributed by atoms with van der Waals surface area (Å²) < 4.78 is 7.43. The average Bonchev–Trinajstić information content (AvgIpc) is 2.94. The predicted molar refractivity (Wildman–Crippen MR) is 113 cm³/mol. The molecule has 0 aliphatic rings. The molecule has 3 N–H and O–H groups in total. The smallest absolute Gasteiger partial charge is 0.407 e. The number of amides is 1. The number of carbonyl (C=O) groups excluding carboxylic acids is 1. The zero-order valence-corrected chi connectivity index (χ0v) is 17.5. The number of carbonyl (C=O) groups is 1. The third-order valence-electron chi connectivity index (χ3n) is 4.01. The summed E-state index contributed by atoms with van der Waals surface area (Å²) in [6, 6.07) is 8.18. The van der Waals surface area contributed by atoms with Crippen molar-refractivity contribution in [1.82, 2.24) is 25.5 Å². The number of aliphatic imine (C=N–C) groups is 1. The number of ether oxygens (including phenoxy) is 1. The van der Waals surface area contributed by atoms with Gasteiger partial charge in [-0.1, -0.05) is 12.1 Å². The first kappa shape index (κ1) is 21.5. The number of alkyl carbamates (subject to hydrolysis) is 1. The first-order valence-electron chi connectivity index (χ1n) is 9.63. The molecule has 0 saturated carbocycles. The van der Waals surface area contributed by atoms with Gasteiger partial charge in [0, 0.05) is 33.2 Å². The Bertz CT molecular complexity index is 807. The predicted octanol–water partition coefficient (Wildman–Crippen LogP) is 2.42. The summed E-state index contributed by atoms with van der Waals surface area (Å²) in [5, 5.41) is 9.17. The number of benzene rings is 1. The minimum absolute atomic E-state index is 0.417. The van der Waals surface area contributed by atoms with Crippen LogP contribution in [0.15, 0.2) is 29.3 Å². The van der Waals surface area contributed by atoms with E-state index in [1.165, 1.54) is 0 Å². The first-order chi connectivity index (χ1) is 13.3. The van der Waals surface area contributed by atoms with Gasteiger partial charge in [0.1, 0.15) is 11.4 Å². The maximum atomic E-state index is 11.6. The second-order valence-electron chi connectivity index (χ2n) is 7.51. The highest BCUT2D eigenvalue weighted by atomic mass is 16.6. The van der Waals surface area contributed by atoms with Gasteiger partial charge in [-0.15, -0.1) is 0 Å². The van der Waals surface area contributed by atoms with Crippen LogP contribution in [-0.4, -0.2) is 53.9 Å². The molecule has 8 nitrogen and oxygen atoms in total. The number of guanidine groups is 1. The number of aryl methyl sites for hydroxylation is 2. The highest BCUT2D eigenvalue weighted by Gasteiger charge is 2.15. The maximum absolute atomic E-state index is 11.6. The van der Waals surface area contributed by atoms with Gasteiger partial charge in [0.2, 0.25) is 0 Å². The van der Waals surface area contributed by atoms with Gasteiger partial charge in [-0.2, -0.15) is 0 Å². The number of nitrogens with one attached hydrogen (secondary N) is 3. The van der Waals surface area contributed by atoms with E-state index in [0.29, 0.717) is 19.0 Å². The fourth-order valence-corrected chi connectivity index (χ4v) is 2.80. The Kier molecular flexibility index (Phi) is 7.66. The van der Waals surface area contributed by atoms with Crippen LogP contribution in [0.3, 0.4) is 0 Å². The van der Waals surface area contributed by atoms with E-state index in [0.717, 1.165) is 36.4 Å². The van der Waals surface area contributed by atoms with Gasteiger partial charge in [0.15, 0.2) is 5.96 Å². The molecule has 2 aromatic rings. The lowest BCUT2D eigenvalue weighted by Crippen LogP contribution is -2.42. The molecule has 0 aliphatic carbocycles. The van der Waals surface area contributed by atoms with Gasteiger partial charge in [-0.3, -0.25) is 4.99 Å². The third-order valence-corrected chi connectivity index (χ3v) is 4.01. The Labute approximate surface area is 166 Å². The number of para-hydroxylation sites is 2. The van der Waals surface area contributed by atoms with Crippen molar-refractivity contribution >= 4 is 23.1 Å². The Morgan fingerprint density at radius 1 is 1.14 bits per heavy atom. The van der Waals surface area contributed by atoms with Crippen molar-refractivity contribution in [3.8, 4) is 0 Å². The van der Waals surface area contributed by atoms with Gasteiger partial charge in [0.25, 0.3) is 0 Å². The fraction of sp³-hybridized carbons (Fsp3) is 0.550. The van der Waals surface area contributed by atoms with Gasteiger partial charge >= 0.3 is 6.09 Å². The number of rotatable bonds is 7. The number of aromatic nitrogens is 2. The summed E-state index contributed by atoms with van der Waals surface area (Å²) in [4.78, 5) is 20.4. The van der Waals surface area contributed by atoms with E-state index < -0.39 is 11.7 Å². The average molecular weight is 389 g/mol. The second kappa shape index (κ2) is 9.96. The highest BCUT2D eigenvalue weighted by molar-refractivity contribution is 5.79. The normalized spacial score (nSPS) is 12.1. The summed E-state index contributed by atoms with van der Waals surface area (Å²) in [5.74, 6) is 1.73. The Morgan fingerprint density at radius 2 is 1.82 bits per heavy atom. The molecule has 8 heteroatoms. The molecule has 1 aromatic heterocycles. The van der Waals surface area contributed by atoms with Crippen LogP contribution in [0, 0.1) is 6.92 Å². The van der Waals surface area contributed by atoms with E-state index >= 15 is 0 Å². The number of hydrogen-bond donors (Lipinski definition) is 3. The molecule has 0 saturated heterocycles. The first-order valence-corrected chi connectivity index (χ1v) is 9.63. The Balaban J connectivity index is 1.67. The fourth-order valence-electron chi connectivity index (χ4n) is 2.80. The van der Waals surface area contributed by atoms with Gasteiger partial charge < -0.3 is 25.3 Å². The molecule has 2 rings (SSSR count). The van der Waals surface area contributed by atoms with Crippen LogP contribution in [0.1, 0.15) is 33.0 Å². The van der Waals surface area contributed by atoms with E-state index in [-0.39, 0.29) is 0 Å². The van der Waals surface area contributed by atoms with Crippen molar-refractivity contribution in [1.29, 1.82) is 0 Å². The standard InChI is InChI=1S/C20H32N6O2/c1-15-25-16-9-6-7-10-17(16)26(15)14-8-11-22-18(21-5)23-12-13-24-19(27)28-20(2,3)4/h6-7,9-10H,8,11-14H2,1-5H3,(H,24,27)(H2,21,22,23). The van der Waals surface area contributed by atoms with Crippen LogP contribution in [0.2, 0.25) is 0 Å². The van der Waals surface area contributed by atoms with Crippen molar-refractivity contribution in [2.45, 2.75) is 46.3 Å². The summed E-state index contributed by atoms with van der Waals surface area (Å²) in [6.07, 6.45) is 0.526. The topological polar surface area (TPSA) is 92.6 Å². The number of nitrogens with zero attached hydrogens (tertiary/aromatic N) is 3. The number of fused-ring (bicyclic) bond motifs is 1. The third kappa shape index (κ3) is 6.75. The molecule has 0 fully saturated rings. The zero-order valence-electron chi connectivity index (χ0n) is 17.5. The van der Waals surface area contributed by atoms with Crippen LogP contribution >= 0.6 is 0 Å². The lowest BCUT2D eigenvalue weighted by atomic mass is 10.2. The molecule has 0 aliphatic heterocycles. The molecule has 0 bridgehead atoms. The van der Waals surface area contributed by atoms with Crippen molar-refractivity contribution < 1.29 is 9.53 Å². The molecule has 0 radical (unpaired) electrons. The summed E-state index contributed by atoms with van der Waals surface area (Å²) >= 11 is 0. The van der Waals surface area contributed by atoms with Crippen LogP contribution in [0.25, 0.3) is 11.0 Å². The van der Waals surface area contributed by atoms with Crippen molar-refractivity contribution in [2.75, 3.05) is 26.7 Å². The van der Waals surface area contributed by atoms with E-state index in [2.05, 4.69) is 36.6 Å². The lowest BCUT2D eigenvalue weighted by Gasteiger charge is -2.20. The minimum atomic E-state index is -0.492. The molecule has 28 heavy (non-hydrogen) atoms. The van der Waals surface area contributed by atoms with E-state index in [1.807, 2.05) is 45.9 Å². The maximum Gasteiger partial charge on any atom is 0.407 e. The molecular formula is C20H32N6O2. The van der Waals surface area contributed by atoms with E-state index in [1.54, 1.807) is 7.05 Å². The SMILES string of the molecule is CN=C(NCCCn1c(C)nc2ccccc21)NCCNC(=O)OC(C)(C)C. The lowest BCUT2D eigenvalue weighted by molar-refractivity contribution is 0.0529. The van der Waals surface area contributed by atoms with Gasteiger partial charge in [-0.05, 0) is 46.2 Å². The van der Waals surface area contributed by atoms with Crippen LogP contribution in [-0.2, 0) is 11.3 Å². The molecule has 0 unspecified atom stereocenters. The second-order valence-corrected chi connectivity index (χ2v) is 7.51. The molecule has 1 aromatic carbocycles. The monoisotopic (exact) mass is 388 g/mol. The summed E-state index contributed by atoms with van der Waals surface area (Å²) in [7, 11) is 1.73. The van der Waals surface area contributed by atoms with Crippen molar-refractivity contribution in [3.63, 3.8) is 0 Å². The molecule has 0 atom stereocenters. The molecule has 1 amide bonds. The van der Waals surface area contributed by atoms with Crippen LogP contribution in [0.4, 0.5) is 4.79 Å². The van der Waals surface area contributed by atoms with Crippen LogP contribution < -0.4 is 16.0 Å². The zero-order chi connectivity index (χ0) is 20.6. The van der Waals surface area contributed by atoms with Gasteiger partial charge in [0.05, 0.1) is 11.0 Å². The Hall–Kier alpha value is -2.77. The molecule has 0 spiro atoms.